The molecule has 26 heavy (non-hydrogen) atoms. The van der Waals surface area contributed by atoms with E-state index < -0.39 is 11.4 Å². The van der Waals surface area contributed by atoms with Gasteiger partial charge in [0, 0.05) is 17.5 Å². The lowest BCUT2D eigenvalue weighted by atomic mass is 10.1. The van der Waals surface area contributed by atoms with Crippen molar-refractivity contribution in [2.75, 3.05) is 0 Å². The number of aryl methyl sites for hydroxylation is 1. The number of hydrogen-bond donors (Lipinski definition) is 0. The molecule has 0 radical (unpaired) electrons. The highest BCUT2D eigenvalue weighted by Gasteiger charge is 2.10. The van der Waals surface area contributed by atoms with Crippen molar-refractivity contribution in [2.45, 2.75) is 19.8 Å². The van der Waals surface area contributed by atoms with E-state index in [0.29, 0.717) is 22.2 Å². The molecule has 0 spiro atoms. The molecule has 0 aliphatic heterocycles. The van der Waals surface area contributed by atoms with E-state index in [9.17, 15) is 9.18 Å². The smallest absolute Gasteiger partial charge is 0.336 e. The van der Waals surface area contributed by atoms with E-state index >= 15 is 0 Å². The molecule has 130 valence electrons. The molecule has 0 amide bonds. The van der Waals surface area contributed by atoms with Crippen LogP contribution in [0.1, 0.15) is 18.9 Å². The Morgan fingerprint density at radius 2 is 1.96 bits per heavy atom. The first-order chi connectivity index (χ1) is 12.6. The van der Waals surface area contributed by atoms with Crippen molar-refractivity contribution in [3.63, 3.8) is 0 Å². The number of hydrogen-bond acceptors (Lipinski definition) is 5. The second-order valence-electron chi connectivity index (χ2n) is 5.94. The summed E-state index contributed by atoms with van der Waals surface area (Å²) in [6.07, 6.45) is 3.07. The van der Waals surface area contributed by atoms with Gasteiger partial charge in [-0.1, -0.05) is 13.3 Å². The lowest BCUT2D eigenvalue weighted by Crippen LogP contribution is -2.00. The van der Waals surface area contributed by atoms with Gasteiger partial charge in [-0.25, -0.2) is 19.2 Å². The minimum absolute atomic E-state index is 0.237. The molecule has 6 heteroatoms. The molecule has 0 aliphatic carbocycles. The molecule has 4 aromatic rings. The van der Waals surface area contributed by atoms with Gasteiger partial charge in [-0.05, 0) is 42.3 Å². The van der Waals surface area contributed by atoms with E-state index in [4.69, 9.17) is 9.15 Å². The van der Waals surface area contributed by atoms with Crippen molar-refractivity contribution >= 4 is 21.9 Å². The lowest BCUT2D eigenvalue weighted by Gasteiger charge is -2.09. The van der Waals surface area contributed by atoms with Crippen LogP contribution >= 0.6 is 0 Å². The number of aromatic nitrogens is 2. The molecule has 2 heterocycles. The van der Waals surface area contributed by atoms with Gasteiger partial charge < -0.3 is 9.15 Å². The summed E-state index contributed by atoms with van der Waals surface area (Å²) in [4.78, 5) is 20.0. The summed E-state index contributed by atoms with van der Waals surface area (Å²) in [5.74, 6) is 0.283. The van der Waals surface area contributed by atoms with Crippen LogP contribution < -0.4 is 10.4 Å². The molecule has 2 aromatic carbocycles. The van der Waals surface area contributed by atoms with Crippen LogP contribution in [0.2, 0.25) is 0 Å². The van der Waals surface area contributed by atoms with Gasteiger partial charge in [-0.3, -0.25) is 0 Å². The van der Waals surface area contributed by atoms with Gasteiger partial charge in [0.2, 0.25) is 5.88 Å². The fourth-order valence-corrected chi connectivity index (χ4v) is 2.95. The Balaban J connectivity index is 1.79. The number of nitrogens with zero attached hydrogens (tertiary/aromatic N) is 2. The van der Waals surface area contributed by atoms with E-state index in [2.05, 4.69) is 16.9 Å². The molecular weight excluding hydrogens is 335 g/mol. The summed E-state index contributed by atoms with van der Waals surface area (Å²) in [7, 11) is 0. The summed E-state index contributed by atoms with van der Waals surface area (Å²) >= 11 is 0. The van der Waals surface area contributed by atoms with Crippen LogP contribution in [0.15, 0.2) is 58.0 Å². The van der Waals surface area contributed by atoms with Crippen LogP contribution in [0.4, 0.5) is 4.39 Å². The van der Waals surface area contributed by atoms with Gasteiger partial charge in [0.15, 0.2) is 0 Å². The fraction of sp³-hybridized carbons (Fsp3) is 0.150. The largest absolute Gasteiger partial charge is 0.438 e. The zero-order valence-corrected chi connectivity index (χ0v) is 14.0. The summed E-state index contributed by atoms with van der Waals surface area (Å²) in [6, 6.07) is 11.0. The average molecular weight is 350 g/mol. The molecule has 2 aromatic heterocycles. The Morgan fingerprint density at radius 1 is 1.08 bits per heavy atom. The normalized spacial score (nSPS) is 11.2. The van der Waals surface area contributed by atoms with E-state index in [1.807, 2.05) is 6.07 Å². The van der Waals surface area contributed by atoms with Gasteiger partial charge in [0.25, 0.3) is 0 Å². The van der Waals surface area contributed by atoms with Crippen molar-refractivity contribution < 1.29 is 13.5 Å². The standard InChI is InChI=1S/C20H15FN2O3/c1-2-3-12-8-19(24)26-18-10-14(5-6-15(12)18)25-20-16-9-13(21)4-7-17(16)22-11-23-20/h4-11H,2-3H2,1H3. The monoisotopic (exact) mass is 350 g/mol. The number of rotatable bonds is 4. The quantitative estimate of drug-likeness (QED) is 0.503. The van der Waals surface area contributed by atoms with Crippen molar-refractivity contribution in [3.05, 3.63) is 70.6 Å². The zero-order chi connectivity index (χ0) is 18.1. The minimum Gasteiger partial charge on any atom is -0.438 e. The summed E-state index contributed by atoms with van der Waals surface area (Å²) in [5, 5.41) is 1.34. The maximum Gasteiger partial charge on any atom is 0.336 e. The van der Waals surface area contributed by atoms with Gasteiger partial charge in [-0.2, -0.15) is 0 Å². The third-order valence-electron chi connectivity index (χ3n) is 4.10. The Labute approximate surface area is 148 Å². The maximum absolute atomic E-state index is 13.6. The van der Waals surface area contributed by atoms with Crippen LogP contribution in [-0.4, -0.2) is 9.97 Å². The molecule has 4 rings (SSSR count). The van der Waals surface area contributed by atoms with Gasteiger partial charge in [-0.15, -0.1) is 0 Å². The Hall–Kier alpha value is -3.28. The third-order valence-corrected chi connectivity index (χ3v) is 4.10. The number of ether oxygens (including phenoxy) is 1. The Kier molecular flexibility index (Phi) is 4.08. The fourth-order valence-electron chi connectivity index (χ4n) is 2.95. The molecule has 0 fully saturated rings. The average Bonchev–Trinajstić information content (AvgIpc) is 2.62. The molecule has 5 nitrogen and oxygen atoms in total. The minimum atomic E-state index is -0.397. The first kappa shape index (κ1) is 16.2. The topological polar surface area (TPSA) is 65.2 Å². The second kappa shape index (κ2) is 6.55. The molecule has 0 unspecified atom stereocenters. The molecule has 0 aliphatic rings. The van der Waals surface area contributed by atoms with Crippen LogP contribution in [0.25, 0.3) is 21.9 Å². The lowest BCUT2D eigenvalue weighted by molar-refractivity contribution is 0.466. The van der Waals surface area contributed by atoms with Crippen molar-refractivity contribution in [1.82, 2.24) is 9.97 Å². The summed E-state index contributed by atoms with van der Waals surface area (Å²) in [5.41, 5.74) is 1.57. The van der Waals surface area contributed by atoms with Crippen LogP contribution in [0.3, 0.4) is 0 Å². The Bertz CT molecular complexity index is 1170. The molecule has 0 bridgehead atoms. The van der Waals surface area contributed by atoms with E-state index in [-0.39, 0.29) is 5.88 Å². The first-order valence-corrected chi connectivity index (χ1v) is 8.29. The molecule has 0 saturated carbocycles. The predicted octanol–water partition coefficient (Wildman–Crippen LogP) is 4.62. The van der Waals surface area contributed by atoms with Crippen molar-refractivity contribution in [3.8, 4) is 11.6 Å². The Morgan fingerprint density at radius 3 is 2.81 bits per heavy atom. The highest BCUT2D eigenvalue weighted by Crippen LogP contribution is 2.30. The van der Waals surface area contributed by atoms with E-state index in [1.165, 1.54) is 24.5 Å². The molecular formula is C20H15FN2O3. The van der Waals surface area contributed by atoms with Gasteiger partial charge in [0.05, 0.1) is 10.9 Å². The van der Waals surface area contributed by atoms with Gasteiger partial charge >= 0.3 is 5.63 Å². The number of benzene rings is 2. The number of halogens is 1. The molecule has 0 saturated heterocycles. The highest BCUT2D eigenvalue weighted by molar-refractivity contribution is 5.84. The molecule has 0 atom stereocenters. The van der Waals surface area contributed by atoms with Crippen LogP contribution in [0, 0.1) is 5.82 Å². The molecule has 0 N–H and O–H groups in total. The predicted molar refractivity (Wildman–Crippen MR) is 96.0 cm³/mol. The van der Waals surface area contributed by atoms with E-state index in [1.54, 1.807) is 18.2 Å². The van der Waals surface area contributed by atoms with E-state index in [0.717, 1.165) is 23.8 Å². The second-order valence-corrected chi connectivity index (χ2v) is 5.94. The number of fused-ring (bicyclic) bond motifs is 2. The highest BCUT2D eigenvalue weighted by atomic mass is 19.1. The van der Waals surface area contributed by atoms with Crippen LogP contribution in [0.5, 0.6) is 11.6 Å². The van der Waals surface area contributed by atoms with Crippen LogP contribution in [-0.2, 0) is 6.42 Å². The first-order valence-electron chi connectivity index (χ1n) is 8.29. The zero-order valence-electron chi connectivity index (χ0n) is 14.0. The maximum atomic E-state index is 13.6. The van der Waals surface area contributed by atoms with Crippen molar-refractivity contribution in [1.29, 1.82) is 0 Å². The summed E-state index contributed by atoms with van der Waals surface area (Å²) in [6.45, 7) is 2.05. The van der Waals surface area contributed by atoms with Gasteiger partial charge in [0.1, 0.15) is 23.5 Å². The SMILES string of the molecule is CCCc1cc(=O)oc2cc(Oc3ncnc4ccc(F)cc34)ccc12. The summed E-state index contributed by atoms with van der Waals surface area (Å²) < 4.78 is 24.7. The van der Waals surface area contributed by atoms with Crippen molar-refractivity contribution in [2.24, 2.45) is 0 Å². The third kappa shape index (κ3) is 3.01.